The lowest BCUT2D eigenvalue weighted by Crippen LogP contribution is -2.00. The molecule has 25 heavy (non-hydrogen) atoms. The lowest BCUT2D eigenvalue weighted by Gasteiger charge is -2.11. The maximum atomic E-state index is 11.1. The number of hydrazone groups is 1. The molecule has 2 N–H and O–H groups in total. The Hall–Kier alpha value is -2.93. The van der Waals surface area contributed by atoms with Crippen LogP contribution in [0.3, 0.4) is 0 Å². The van der Waals surface area contributed by atoms with Gasteiger partial charge in [-0.3, -0.25) is 5.43 Å². The number of nitrogens with one attached hydrogen (secondary N) is 1. The van der Waals surface area contributed by atoms with E-state index >= 15 is 0 Å². The van der Waals surface area contributed by atoms with Gasteiger partial charge in [-0.1, -0.05) is 11.6 Å². The first kappa shape index (κ1) is 18.4. The molecular weight excluding hydrogens is 348 g/mol. The molecule has 0 atom stereocenters. The third-order valence-corrected chi connectivity index (χ3v) is 3.66. The van der Waals surface area contributed by atoms with Crippen LogP contribution >= 0.6 is 11.6 Å². The Kier molecular flexibility index (Phi) is 6.08. The van der Waals surface area contributed by atoms with Crippen LogP contribution in [0.25, 0.3) is 0 Å². The van der Waals surface area contributed by atoms with Crippen molar-refractivity contribution < 1.29 is 24.1 Å². The predicted molar refractivity (Wildman–Crippen MR) is 95.7 cm³/mol. The van der Waals surface area contributed by atoms with Gasteiger partial charge in [0.25, 0.3) is 0 Å². The maximum Gasteiger partial charge on any atom is 0.337 e. The molecule has 0 aliphatic rings. The van der Waals surface area contributed by atoms with Crippen LogP contribution in [0.5, 0.6) is 17.2 Å². The lowest BCUT2D eigenvalue weighted by atomic mass is 10.2. The van der Waals surface area contributed by atoms with E-state index in [1.165, 1.54) is 39.7 Å². The molecule has 0 spiro atoms. The molecule has 8 heteroatoms. The first-order valence-corrected chi connectivity index (χ1v) is 7.50. The topological polar surface area (TPSA) is 89.4 Å². The first-order valence-electron chi connectivity index (χ1n) is 7.12. The fraction of sp³-hybridized carbons (Fsp3) is 0.176. The number of rotatable bonds is 7. The summed E-state index contributed by atoms with van der Waals surface area (Å²) < 4.78 is 15.8. The third-order valence-electron chi connectivity index (χ3n) is 3.33. The van der Waals surface area contributed by atoms with Crippen molar-refractivity contribution in [2.24, 2.45) is 5.10 Å². The Morgan fingerprint density at radius 3 is 2.32 bits per heavy atom. The van der Waals surface area contributed by atoms with Crippen molar-refractivity contribution in [2.45, 2.75) is 0 Å². The minimum atomic E-state index is -1.11. The van der Waals surface area contributed by atoms with Crippen LogP contribution < -0.4 is 19.6 Å². The molecule has 0 aliphatic carbocycles. The summed E-state index contributed by atoms with van der Waals surface area (Å²) in [5.74, 6) is 0.502. The zero-order valence-corrected chi connectivity index (χ0v) is 14.6. The summed E-state index contributed by atoms with van der Waals surface area (Å²) in [4.78, 5) is 11.1. The minimum Gasteiger partial charge on any atom is -0.496 e. The summed E-state index contributed by atoms with van der Waals surface area (Å²) in [6, 6.07) is 7.91. The predicted octanol–water partition coefficient (Wildman–Crippen LogP) is 3.51. The number of hydrogen-bond donors (Lipinski definition) is 2. The first-order chi connectivity index (χ1) is 12.0. The number of ether oxygens (including phenoxy) is 3. The van der Waals surface area contributed by atoms with Gasteiger partial charge in [0.05, 0.1) is 43.8 Å². The quantitative estimate of drug-likeness (QED) is 0.577. The van der Waals surface area contributed by atoms with Gasteiger partial charge in [-0.05, 0) is 24.3 Å². The lowest BCUT2D eigenvalue weighted by molar-refractivity contribution is 0.0697. The highest BCUT2D eigenvalue weighted by Gasteiger charge is 2.11. The fourth-order valence-corrected chi connectivity index (χ4v) is 2.29. The number of carboxylic acid groups (broad SMARTS) is 1. The van der Waals surface area contributed by atoms with E-state index in [-0.39, 0.29) is 10.6 Å². The van der Waals surface area contributed by atoms with E-state index in [0.29, 0.717) is 28.5 Å². The van der Waals surface area contributed by atoms with Crippen LogP contribution in [-0.2, 0) is 0 Å². The van der Waals surface area contributed by atoms with E-state index in [4.69, 9.17) is 30.9 Å². The molecule has 0 bridgehead atoms. The largest absolute Gasteiger partial charge is 0.496 e. The molecule has 0 fully saturated rings. The molecule has 0 aliphatic heterocycles. The summed E-state index contributed by atoms with van der Waals surface area (Å²) >= 11 is 5.83. The van der Waals surface area contributed by atoms with E-state index in [1.807, 2.05) is 0 Å². The van der Waals surface area contributed by atoms with E-state index in [0.717, 1.165) is 0 Å². The Morgan fingerprint density at radius 1 is 1.08 bits per heavy atom. The Labute approximate surface area is 149 Å². The molecule has 2 rings (SSSR count). The fourth-order valence-electron chi connectivity index (χ4n) is 2.09. The molecular formula is C17H17ClN2O5. The molecule has 2 aromatic rings. The Balaban J connectivity index is 2.25. The van der Waals surface area contributed by atoms with Crippen LogP contribution in [0.4, 0.5) is 5.69 Å². The second-order valence-electron chi connectivity index (χ2n) is 4.82. The number of nitrogens with zero attached hydrogens (tertiary/aromatic N) is 1. The highest BCUT2D eigenvalue weighted by molar-refractivity contribution is 6.33. The average molecular weight is 365 g/mol. The van der Waals surface area contributed by atoms with Crippen molar-refractivity contribution in [3.05, 3.63) is 46.5 Å². The molecule has 132 valence electrons. The number of hydrogen-bond acceptors (Lipinski definition) is 6. The van der Waals surface area contributed by atoms with Crippen molar-refractivity contribution >= 4 is 29.5 Å². The van der Waals surface area contributed by atoms with Crippen LogP contribution in [-0.4, -0.2) is 38.6 Å². The zero-order chi connectivity index (χ0) is 18.4. The van der Waals surface area contributed by atoms with Crippen molar-refractivity contribution in [1.29, 1.82) is 0 Å². The average Bonchev–Trinajstić information content (AvgIpc) is 2.62. The number of carbonyl (C=O) groups is 1. The minimum absolute atomic E-state index is 0.00874. The molecule has 0 amide bonds. The van der Waals surface area contributed by atoms with Gasteiger partial charge in [-0.2, -0.15) is 5.10 Å². The van der Waals surface area contributed by atoms with Crippen molar-refractivity contribution in [2.75, 3.05) is 26.8 Å². The van der Waals surface area contributed by atoms with Crippen LogP contribution in [0, 0.1) is 0 Å². The zero-order valence-electron chi connectivity index (χ0n) is 13.9. The number of methoxy groups -OCH3 is 3. The highest BCUT2D eigenvalue weighted by atomic mass is 35.5. The molecule has 0 unspecified atom stereocenters. The summed E-state index contributed by atoms with van der Waals surface area (Å²) in [5.41, 5.74) is 3.88. The van der Waals surface area contributed by atoms with Gasteiger partial charge in [0.2, 0.25) is 0 Å². The summed E-state index contributed by atoms with van der Waals surface area (Å²) in [5, 5.41) is 13.3. The van der Waals surface area contributed by atoms with Crippen molar-refractivity contribution in [3.8, 4) is 17.2 Å². The van der Waals surface area contributed by atoms with Crippen LogP contribution in [0.15, 0.2) is 35.4 Å². The number of halogens is 1. The summed E-state index contributed by atoms with van der Waals surface area (Å²) in [6.07, 6.45) is 1.52. The molecule has 0 aromatic heterocycles. The van der Waals surface area contributed by atoms with Crippen LogP contribution in [0.2, 0.25) is 5.02 Å². The van der Waals surface area contributed by atoms with Gasteiger partial charge < -0.3 is 19.3 Å². The van der Waals surface area contributed by atoms with E-state index in [9.17, 15) is 4.79 Å². The van der Waals surface area contributed by atoms with Crippen molar-refractivity contribution in [1.82, 2.24) is 0 Å². The smallest absolute Gasteiger partial charge is 0.337 e. The van der Waals surface area contributed by atoms with Gasteiger partial charge in [0.15, 0.2) is 11.5 Å². The van der Waals surface area contributed by atoms with E-state index in [1.54, 1.807) is 18.2 Å². The molecule has 2 aromatic carbocycles. The highest BCUT2D eigenvalue weighted by Crippen LogP contribution is 2.33. The molecule has 0 heterocycles. The van der Waals surface area contributed by atoms with E-state index in [2.05, 4.69) is 10.5 Å². The Bertz CT molecular complexity index is 808. The van der Waals surface area contributed by atoms with Gasteiger partial charge >= 0.3 is 5.97 Å². The second kappa shape index (κ2) is 8.25. The normalized spacial score (nSPS) is 10.6. The molecule has 0 radical (unpaired) electrons. The summed E-state index contributed by atoms with van der Waals surface area (Å²) in [7, 11) is 4.60. The SMILES string of the molecule is COc1cc(OC)c(OC)cc1/C=N/Nc1ccc(Cl)c(C(=O)O)c1. The monoisotopic (exact) mass is 364 g/mol. The molecule has 0 saturated carbocycles. The van der Waals surface area contributed by atoms with E-state index < -0.39 is 5.97 Å². The van der Waals surface area contributed by atoms with Gasteiger partial charge in [-0.15, -0.1) is 0 Å². The van der Waals surface area contributed by atoms with Gasteiger partial charge in [0.1, 0.15) is 5.75 Å². The second-order valence-corrected chi connectivity index (χ2v) is 5.23. The Morgan fingerprint density at radius 2 is 1.72 bits per heavy atom. The number of benzene rings is 2. The number of aromatic carboxylic acids is 1. The van der Waals surface area contributed by atoms with Crippen LogP contribution in [0.1, 0.15) is 15.9 Å². The van der Waals surface area contributed by atoms with Gasteiger partial charge in [-0.25, -0.2) is 4.79 Å². The van der Waals surface area contributed by atoms with Crippen molar-refractivity contribution in [3.63, 3.8) is 0 Å². The van der Waals surface area contributed by atoms with Gasteiger partial charge in [0, 0.05) is 11.6 Å². The standard InChI is InChI=1S/C17H17ClN2O5/c1-23-14-8-16(25-3)15(24-2)6-10(14)9-19-20-11-4-5-13(18)12(7-11)17(21)22/h4-9,20H,1-3H3,(H,21,22)/b19-9+. The molecule has 7 nitrogen and oxygen atoms in total. The third kappa shape index (κ3) is 4.33. The number of anilines is 1. The molecule has 0 saturated heterocycles. The summed E-state index contributed by atoms with van der Waals surface area (Å²) in [6.45, 7) is 0. The number of carboxylic acids is 1. The maximum absolute atomic E-state index is 11.1.